The van der Waals surface area contributed by atoms with E-state index in [0.717, 1.165) is 29.8 Å². The molecule has 0 fully saturated rings. The number of carbonyl (C=O) groups excluding carboxylic acids is 1. The van der Waals surface area contributed by atoms with E-state index in [9.17, 15) is 4.79 Å². The molecule has 0 saturated heterocycles. The lowest BCUT2D eigenvalue weighted by Gasteiger charge is -2.25. The van der Waals surface area contributed by atoms with Crippen LogP contribution in [-0.4, -0.2) is 25.1 Å². The van der Waals surface area contributed by atoms with Crippen molar-refractivity contribution in [2.75, 3.05) is 18.1 Å². The molecule has 1 aliphatic heterocycles. The van der Waals surface area contributed by atoms with Gasteiger partial charge in [0.25, 0.3) is 5.91 Å². The van der Waals surface area contributed by atoms with Gasteiger partial charge in [0.05, 0.1) is 6.61 Å². The Hall–Kier alpha value is -2.17. The SMILES string of the molecule is CC(C)NCCCOC1c2ccccc2C(=O)N1c1ccccc1. The first-order valence-corrected chi connectivity index (χ1v) is 8.51. The van der Waals surface area contributed by atoms with E-state index in [1.54, 1.807) is 4.90 Å². The fraction of sp³-hybridized carbons (Fsp3) is 0.350. The summed E-state index contributed by atoms with van der Waals surface area (Å²) in [6, 6.07) is 17.9. The van der Waals surface area contributed by atoms with Crippen LogP contribution in [0.15, 0.2) is 54.6 Å². The van der Waals surface area contributed by atoms with E-state index < -0.39 is 0 Å². The smallest absolute Gasteiger partial charge is 0.261 e. The highest BCUT2D eigenvalue weighted by Crippen LogP contribution is 2.37. The maximum absolute atomic E-state index is 12.8. The fourth-order valence-electron chi connectivity index (χ4n) is 2.95. The number of anilines is 1. The second kappa shape index (κ2) is 7.60. The molecule has 1 N–H and O–H groups in total. The molecule has 0 spiro atoms. The van der Waals surface area contributed by atoms with Gasteiger partial charge in [-0.3, -0.25) is 9.69 Å². The minimum absolute atomic E-state index is 0.00195. The van der Waals surface area contributed by atoms with Crippen molar-refractivity contribution < 1.29 is 9.53 Å². The summed E-state index contributed by atoms with van der Waals surface area (Å²) in [6.45, 7) is 5.77. The number of nitrogens with zero attached hydrogens (tertiary/aromatic N) is 1. The predicted molar refractivity (Wildman–Crippen MR) is 96.1 cm³/mol. The summed E-state index contributed by atoms with van der Waals surface area (Å²) < 4.78 is 6.11. The van der Waals surface area contributed by atoms with E-state index >= 15 is 0 Å². The molecule has 1 heterocycles. The van der Waals surface area contributed by atoms with E-state index in [-0.39, 0.29) is 12.1 Å². The number of para-hydroxylation sites is 1. The Morgan fingerprint density at radius 1 is 1.08 bits per heavy atom. The van der Waals surface area contributed by atoms with Crippen molar-refractivity contribution in [2.24, 2.45) is 0 Å². The molecule has 2 aromatic carbocycles. The van der Waals surface area contributed by atoms with Gasteiger partial charge < -0.3 is 10.1 Å². The molecule has 0 aromatic heterocycles. The summed E-state index contributed by atoms with van der Waals surface area (Å²) in [6.07, 6.45) is 0.559. The molecule has 24 heavy (non-hydrogen) atoms. The third kappa shape index (κ3) is 3.50. The van der Waals surface area contributed by atoms with Crippen molar-refractivity contribution in [1.82, 2.24) is 5.32 Å². The summed E-state index contributed by atoms with van der Waals surface area (Å²) in [5.41, 5.74) is 2.54. The minimum atomic E-state index is -0.352. The average molecular weight is 324 g/mol. The van der Waals surface area contributed by atoms with Crippen LogP contribution in [0.2, 0.25) is 0 Å². The highest BCUT2D eigenvalue weighted by molar-refractivity contribution is 6.10. The Morgan fingerprint density at radius 3 is 2.54 bits per heavy atom. The number of hydrogen-bond acceptors (Lipinski definition) is 3. The van der Waals surface area contributed by atoms with Gasteiger partial charge in [0, 0.05) is 22.9 Å². The number of hydrogen-bond donors (Lipinski definition) is 1. The van der Waals surface area contributed by atoms with Crippen LogP contribution in [0, 0.1) is 0 Å². The lowest BCUT2D eigenvalue weighted by molar-refractivity contribution is 0.0507. The van der Waals surface area contributed by atoms with E-state index in [0.29, 0.717) is 12.6 Å². The van der Waals surface area contributed by atoms with Crippen LogP contribution >= 0.6 is 0 Å². The van der Waals surface area contributed by atoms with Gasteiger partial charge in [0.1, 0.15) is 0 Å². The number of carbonyl (C=O) groups is 1. The quantitative estimate of drug-likeness (QED) is 0.789. The number of rotatable bonds is 7. The Morgan fingerprint density at radius 2 is 1.79 bits per heavy atom. The monoisotopic (exact) mass is 324 g/mol. The molecule has 1 atom stereocenters. The van der Waals surface area contributed by atoms with Crippen LogP contribution in [-0.2, 0) is 4.74 Å². The van der Waals surface area contributed by atoms with E-state index in [1.165, 1.54) is 0 Å². The van der Waals surface area contributed by atoms with Crippen molar-refractivity contribution in [3.63, 3.8) is 0 Å². The van der Waals surface area contributed by atoms with Gasteiger partial charge in [-0.15, -0.1) is 0 Å². The van der Waals surface area contributed by atoms with Gasteiger partial charge in [-0.05, 0) is 31.2 Å². The molecule has 4 nitrogen and oxygen atoms in total. The molecule has 3 rings (SSSR count). The van der Waals surface area contributed by atoms with E-state index in [4.69, 9.17) is 4.74 Å². The Labute approximate surface area is 143 Å². The zero-order chi connectivity index (χ0) is 16.9. The summed E-state index contributed by atoms with van der Waals surface area (Å²) in [5.74, 6) is 0.00195. The first-order valence-electron chi connectivity index (χ1n) is 8.51. The summed E-state index contributed by atoms with van der Waals surface area (Å²) in [4.78, 5) is 14.6. The summed E-state index contributed by atoms with van der Waals surface area (Å²) in [5, 5.41) is 3.38. The van der Waals surface area contributed by atoms with Gasteiger partial charge in [0.15, 0.2) is 6.23 Å². The highest BCUT2D eigenvalue weighted by Gasteiger charge is 2.38. The molecule has 0 radical (unpaired) electrons. The molecule has 4 heteroatoms. The largest absolute Gasteiger partial charge is 0.353 e. The van der Waals surface area contributed by atoms with Crippen molar-refractivity contribution in [3.05, 3.63) is 65.7 Å². The van der Waals surface area contributed by atoms with Gasteiger partial charge in [0.2, 0.25) is 0 Å². The number of amides is 1. The average Bonchev–Trinajstić information content (AvgIpc) is 2.88. The zero-order valence-electron chi connectivity index (χ0n) is 14.2. The number of fused-ring (bicyclic) bond motifs is 1. The number of ether oxygens (including phenoxy) is 1. The molecular weight excluding hydrogens is 300 g/mol. The van der Waals surface area contributed by atoms with Crippen molar-refractivity contribution in [1.29, 1.82) is 0 Å². The van der Waals surface area contributed by atoms with Gasteiger partial charge in [-0.1, -0.05) is 50.2 Å². The van der Waals surface area contributed by atoms with Gasteiger partial charge >= 0.3 is 0 Å². The minimum Gasteiger partial charge on any atom is -0.353 e. The van der Waals surface area contributed by atoms with E-state index in [1.807, 2.05) is 54.6 Å². The van der Waals surface area contributed by atoms with Crippen LogP contribution < -0.4 is 10.2 Å². The van der Waals surface area contributed by atoms with Crippen LogP contribution in [0.3, 0.4) is 0 Å². The van der Waals surface area contributed by atoms with Gasteiger partial charge in [-0.25, -0.2) is 0 Å². The lowest BCUT2D eigenvalue weighted by atomic mass is 10.1. The second-order valence-electron chi connectivity index (χ2n) is 6.28. The summed E-state index contributed by atoms with van der Waals surface area (Å²) >= 11 is 0. The fourth-order valence-corrected chi connectivity index (χ4v) is 2.95. The number of benzene rings is 2. The van der Waals surface area contributed by atoms with Crippen molar-refractivity contribution in [2.45, 2.75) is 32.5 Å². The second-order valence-corrected chi connectivity index (χ2v) is 6.28. The van der Waals surface area contributed by atoms with Crippen molar-refractivity contribution >= 4 is 11.6 Å². The normalized spacial score (nSPS) is 16.7. The highest BCUT2D eigenvalue weighted by atomic mass is 16.5. The molecular formula is C20H24N2O2. The third-order valence-electron chi connectivity index (χ3n) is 4.09. The van der Waals surface area contributed by atoms with Crippen LogP contribution in [0.25, 0.3) is 0 Å². The molecule has 1 amide bonds. The van der Waals surface area contributed by atoms with Crippen LogP contribution in [0.5, 0.6) is 0 Å². The van der Waals surface area contributed by atoms with E-state index in [2.05, 4.69) is 19.2 Å². The predicted octanol–water partition coefficient (Wildman–Crippen LogP) is 3.75. The lowest BCUT2D eigenvalue weighted by Crippen LogP contribution is -2.30. The first-order chi connectivity index (χ1) is 11.7. The van der Waals surface area contributed by atoms with Crippen LogP contribution in [0.1, 0.15) is 42.4 Å². The molecule has 0 saturated carbocycles. The molecule has 0 bridgehead atoms. The van der Waals surface area contributed by atoms with Crippen LogP contribution in [0.4, 0.5) is 5.69 Å². The Balaban J connectivity index is 1.76. The summed E-state index contributed by atoms with van der Waals surface area (Å²) in [7, 11) is 0. The third-order valence-corrected chi connectivity index (χ3v) is 4.09. The molecule has 2 aromatic rings. The first kappa shape index (κ1) is 16.7. The Bertz CT molecular complexity index is 685. The maximum Gasteiger partial charge on any atom is 0.261 e. The van der Waals surface area contributed by atoms with Crippen molar-refractivity contribution in [3.8, 4) is 0 Å². The molecule has 0 aliphatic carbocycles. The topological polar surface area (TPSA) is 41.6 Å². The Kier molecular flexibility index (Phi) is 5.28. The standard InChI is InChI=1S/C20H24N2O2/c1-15(2)21-13-8-14-24-20-18-12-7-6-11-17(18)19(23)22(20)16-9-4-3-5-10-16/h3-7,9-12,15,20-21H,8,13-14H2,1-2H3. The molecule has 1 unspecified atom stereocenters. The maximum atomic E-state index is 12.8. The van der Waals surface area contributed by atoms with Gasteiger partial charge in [-0.2, -0.15) is 0 Å². The zero-order valence-corrected chi connectivity index (χ0v) is 14.2. The molecule has 126 valence electrons. The molecule has 1 aliphatic rings. The number of nitrogens with one attached hydrogen (secondary N) is 1.